The number of hydrogen-bond acceptors (Lipinski definition) is 1. The molecule has 0 bridgehead atoms. The first-order chi connectivity index (χ1) is 6.91. The van der Waals surface area contributed by atoms with Crippen LogP contribution in [0.25, 0.3) is 0 Å². The minimum Gasteiger partial charge on any atom is -0.294 e. The molecule has 0 amide bonds. The van der Waals surface area contributed by atoms with Crippen LogP contribution in [0.15, 0.2) is 12.1 Å². The Kier molecular flexibility index (Phi) is 4.45. The molecule has 1 unspecified atom stereocenters. The van der Waals surface area contributed by atoms with Crippen LogP contribution >= 0.6 is 34.8 Å². The van der Waals surface area contributed by atoms with Gasteiger partial charge in [0.05, 0.1) is 10.0 Å². The molecule has 4 heteroatoms. The molecule has 0 saturated heterocycles. The van der Waals surface area contributed by atoms with Crippen molar-refractivity contribution in [2.45, 2.75) is 25.6 Å². The van der Waals surface area contributed by atoms with Gasteiger partial charge in [-0.2, -0.15) is 0 Å². The third kappa shape index (κ3) is 3.37. The van der Waals surface area contributed by atoms with Crippen molar-refractivity contribution < 1.29 is 4.79 Å². The Hall–Kier alpha value is -0.240. The third-order valence-electron chi connectivity index (χ3n) is 2.03. The maximum Gasteiger partial charge on any atom is 0.164 e. The monoisotopic (exact) mass is 264 g/mol. The van der Waals surface area contributed by atoms with Crippen molar-refractivity contribution in [1.29, 1.82) is 0 Å². The van der Waals surface area contributed by atoms with Crippen LogP contribution in [0, 0.1) is 6.92 Å². The predicted octanol–water partition coefficient (Wildman–Crippen LogP) is 4.50. The highest BCUT2D eigenvalue weighted by molar-refractivity contribution is 6.42. The van der Waals surface area contributed by atoms with E-state index < -0.39 is 0 Å². The Bertz CT molecular complexity index is 386. The summed E-state index contributed by atoms with van der Waals surface area (Å²) in [4.78, 5) is 11.8. The fraction of sp³-hybridized carbons (Fsp3) is 0.364. The molecular formula is C11H11Cl3O. The molecule has 1 nitrogen and oxygen atoms in total. The van der Waals surface area contributed by atoms with E-state index in [1.807, 2.05) is 6.92 Å². The molecule has 1 rings (SSSR count). The first-order valence-corrected chi connectivity index (χ1v) is 5.74. The number of benzene rings is 1. The molecule has 0 radical (unpaired) electrons. The van der Waals surface area contributed by atoms with Crippen molar-refractivity contribution >= 4 is 40.6 Å². The first kappa shape index (κ1) is 12.8. The molecule has 0 heterocycles. The lowest BCUT2D eigenvalue weighted by Crippen LogP contribution is -2.07. The molecule has 0 aliphatic rings. The number of hydrogen-bond donors (Lipinski definition) is 0. The lowest BCUT2D eigenvalue weighted by atomic mass is 10.0. The molecule has 0 fully saturated rings. The number of halogens is 3. The fourth-order valence-corrected chi connectivity index (χ4v) is 1.83. The summed E-state index contributed by atoms with van der Waals surface area (Å²) in [5, 5.41) is 0.684. The first-order valence-electron chi connectivity index (χ1n) is 4.54. The summed E-state index contributed by atoms with van der Waals surface area (Å²) in [5.74, 6) is -0.00596. The molecular weight excluding hydrogens is 254 g/mol. The molecule has 0 aromatic heterocycles. The number of alkyl halides is 1. The van der Waals surface area contributed by atoms with Crippen LogP contribution in [0.3, 0.4) is 0 Å². The van der Waals surface area contributed by atoms with Crippen LogP contribution in [0.5, 0.6) is 0 Å². The lowest BCUT2D eigenvalue weighted by molar-refractivity contribution is 0.0982. The molecule has 1 aromatic rings. The van der Waals surface area contributed by atoms with E-state index in [1.54, 1.807) is 19.1 Å². The maximum atomic E-state index is 11.8. The minimum absolute atomic E-state index is 0.00596. The number of rotatable bonds is 3. The molecule has 0 spiro atoms. The Morgan fingerprint density at radius 1 is 1.33 bits per heavy atom. The van der Waals surface area contributed by atoms with E-state index in [0.717, 1.165) is 5.56 Å². The van der Waals surface area contributed by atoms with E-state index >= 15 is 0 Å². The van der Waals surface area contributed by atoms with Gasteiger partial charge in [-0.15, -0.1) is 11.6 Å². The molecule has 1 atom stereocenters. The van der Waals surface area contributed by atoms with Gasteiger partial charge in [0.25, 0.3) is 0 Å². The van der Waals surface area contributed by atoms with Crippen LogP contribution in [0.1, 0.15) is 29.3 Å². The SMILES string of the molecule is Cc1cc(Cl)c(Cl)cc1C(=O)CC(C)Cl. The zero-order valence-electron chi connectivity index (χ0n) is 8.48. The van der Waals surface area contributed by atoms with Crippen molar-refractivity contribution in [3.63, 3.8) is 0 Å². The fourth-order valence-electron chi connectivity index (χ4n) is 1.31. The Labute approximate surface area is 104 Å². The molecule has 0 saturated carbocycles. The number of aryl methyl sites for hydroxylation is 1. The molecule has 0 aliphatic carbocycles. The van der Waals surface area contributed by atoms with Gasteiger partial charge < -0.3 is 0 Å². The van der Waals surface area contributed by atoms with Gasteiger partial charge in [0, 0.05) is 17.4 Å². The molecule has 1 aromatic carbocycles. The lowest BCUT2D eigenvalue weighted by Gasteiger charge is -2.07. The maximum absolute atomic E-state index is 11.8. The highest BCUT2D eigenvalue weighted by Crippen LogP contribution is 2.26. The normalized spacial score (nSPS) is 12.6. The summed E-state index contributed by atoms with van der Waals surface area (Å²) < 4.78 is 0. The van der Waals surface area contributed by atoms with E-state index in [9.17, 15) is 4.79 Å². The molecule has 15 heavy (non-hydrogen) atoms. The predicted molar refractivity (Wildman–Crippen MR) is 65.5 cm³/mol. The number of carbonyl (C=O) groups excluding carboxylic acids is 1. The second-order valence-corrected chi connectivity index (χ2v) is 5.05. The quantitative estimate of drug-likeness (QED) is 0.581. The zero-order chi connectivity index (χ0) is 11.6. The van der Waals surface area contributed by atoms with Gasteiger partial charge in [-0.05, 0) is 31.5 Å². The van der Waals surface area contributed by atoms with Crippen molar-refractivity contribution in [2.24, 2.45) is 0 Å². The van der Waals surface area contributed by atoms with Gasteiger partial charge in [-0.1, -0.05) is 23.2 Å². The number of Topliss-reactive ketones (excluding diaryl/α,β-unsaturated/α-hetero) is 1. The zero-order valence-corrected chi connectivity index (χ0v) is 10.7. The van der Waals surface area contributed by atoms with Gasteiger partial charge >= 0.3 is 0 Å². The summed E-state index contributed by atoms with van der Waals surface area (Å²) in [5.41, 5.74) is 1.42. The van der Waals surface area contributed by atoms with Crippen molar-refractivity contribution in [1.82, 2.24) is 0 Å². The second kappa shape index (κ2) is 5.20. The second-order valence-electron chi connectivity index (χ2n) is 3.49. The average Bonchev–Trinajstić information content (AvgIpc) is 2.09. The van der Waals surface area contributed by atoms with Crippen LogP contribution in [-0.2, 0) is 0 Å². The van der Waals surface area contributed by atoms with Crippen molar-refractivity contribution in [3.05, 3.63) is 33.3 Å². The highest BCUT2D eigenvalue weighted by Gasteiger charge is 2.13. The smallest absolute Gasteiger partial charge is 0.164 e. The average molecular weight is 266 g/mol. The molecule has 0 aliphatic heterocycles. The summed E-state index contributed by atoms with van der Waals surface area (Å²) in [6, 6.07) is 3.29. The van der Waals surface area contributed by atoms with Gasteiger partial charge in [-0.3, -0.25) is 4.79 Å². The van der Waals surface area contributed by atoms with Crippen LogP contribution in [-0.4, -0.2) is 11.2 Å². The summed E-state index contributed by atoms with van der Waals surface area (Å²) in [7, 11) is 0. The Morgan fingerprint density at radius 2 is 1.87 bits per heavy atom. The standard InChI is InChI=1S/C11H11Cl3O/c1-6-3-9(13)10(14)5-8(6)11(15)4-7(2)12/h3,5,7H,4H2,1-2H3. The summed E-state index contributed by atoms with van der Waals surface area (Å²) >= 11 is 17.4. The summed E-state index contributed by atoms with van der Waals surface area (Å²) in [6.07, 6.45) is 0.306. The van der Waals surface area contributed by atoms with E-state index in [-0.39, 0.29) is 11.2 Å². The highest BCUT2D eigenvalue weighted by atomic mass is 35.5. The van der Waals surface area contributed by atoms with E-state index in [1.165, 1.54) is 0 Å². The van der Waals surface area contributed by atoms with Gasteiger partial charge in [-0.25, -0.2) is 0 Å². The largest absolute Gasteiger partial charge is 0.294 e. The van der Waals surface area contributed by atoms with E-state index in [2.05, 4.69) is 0 Å². The van der Waals surface area contributed by atoms with Crippen molar-refractivity contribution in [3.8, 4) is 0 Å². The van der Waals surface area contributed by atoms with E-state index in [0.29, 0.717) is 22.0 Å². The molecule has 82 valence electrons. The van der Waals surface area contributed by atoms with Crippen LogP contribution < -0.4 is 0 Å². The Balaban J connectivity index is 3.04. The minimum atomic E-state index is -0.175. The third-order valence-corrected chi connectivity index (χ3v) is 2.91. The Morgan fingerprint density at radius 3 is 2.40 bits per heavy atom. The number of ketones is 1. The topological polar surface area (TPSA) is 17.1 Å². The van der Waals surface area contributed by atoms with Gasteiger partial charge in [0.15, 0.2) is 5.78 Å². The van der Waals surface area contributed by atoms with Gasteiger partial charge in [0.2, 0.25) is 0 Å². The number of carbonyl (C=O) groups is 1. The van der Waals surface area contributed by atoms with E-state index in [4.69, 9.17) is 34.8 Å². The van der Waals surface area contributed by atoms with Gasteiger partial charge in [0.1, 0.15) is 0 Å². The van der Waals surface area contributed by atoms with Crippen LogP contribution in [0.4, 0.5) is 0 Å². The summed E-state index contributed by atoms with van der Waals surface area (Å²) in [6.45, 7) is 3.61. The van der Waals surface area contributed by atoms with Crippen LogP contribution in [0.2, 0.25) is 10.0 Å². The molecule has 0 N–H and O–H groups in total. The van der Waals surface area contributed by atoms with Crippen molar-refractivity contribution in [2.75, 3.05) is 0 Å².